The summed E-state index contributed by atoms with van der Waals surface area (Å²) in [6.45, 7) is 6.44. The quantitative estimate of drug-likeness (QED) is 0.259. The topological polar surface area (TPSA) is 74.7 Å². The average Bonchev–Trinajstić information content (AvgIpc) is 3.54. The molecule has 0 bridgehead atoms. The standard InChI is InChI=1S/C31H29Cl2FN6O2/c1-3-25(41)39-13-11-23-24(39)15-40(23)30-20-14-21(32)28(19-8-4-6-17-9-10-22(34)27(33)26(17)19)35-29(20)36-31(37-30)42-16-18-7-5-12-38(18)2/h3-4,6,8-10,14,18,23-24H,1,5,7,11-13,15-16H2,2H3/t18-,23+,24+/m0/s1. The van der Waals surface area contributed by atoms with Crippen LogP contribution in [0.4, 0.5) is 10.2 Å². The predicted octanol–water partition coefficient (Wildman–Crippen LogP) is 5.74. The minimum Gasteiger partial charge on any atom is -0.462 e. The zero-order chi connectivity index (χ0) is 29.1. The third kappa shape index (κ3) is 4.46. The number of amides is 1. The second-order valence-electron chi connectivity index (χ2n) is 11.2. The Labute approximate surface area is 252 Å². The number of nitrogens with zero attached hydrogens (tertiary/aromatic N) is 6. The molecule has 0 N–H and O–H groups in total. The molecule has 216 valence electrons. The molecule has 7 rings (SSSR count). The van der Waals surface area contributed by atoms with Crippen LogP contribution in [0.1, 0.15) is 19.3 Å². The molecule has 0 spiro atoms. The monoisotopic (exact) mass is 606 g/mol. The van der Waals surface area contributed by atoms with Crippen LogP contribution in [-0.4, -0.2) is 82.1 Å². The number of aromatic nitrogens is 3. The number of carbonyl (C=O) groups excluding carboxylic acids is 1. The zero-order valence-electron chi connectivity index (χ0n) is 23.1. The second-order valence-corrected chi connectivity index (χ2v) is 12.0. The second kappa shape index (κ2) is 10.6. The first-order valence-corrected chi connectivity index (χ1v) is 14.9. The van der Waals surface area contributed by atoms with Crippen LogP contribution < -0.4 is 9.64 Å². The number of rotatable bonds is 6. The lowest BCUT2D eigenvalue weighted by Crippen LogP contribution is -2.63. The van der Waals surface area contributed by atoms with Crippen molar-refractivity contribution in [3.05, 3.63) is 64.9 Å². The molecule has 3 saturated heterocycles. The summed E-state index contributed by atoms with van der Waals surface area (Å²) in [5.41, 5.74) is 1.47. The van der Waals surface area contributed by atoms with Gasteiger partial charge in [-0.15, -0.1) is 0 Å². The molecule has 8 nitrogen and oxygen atoms in total. The van der Waals surface area contributed by atoms with E-state index in [0.29, 0.717) is 58.2 Å². The van der Waals surface area contributed by atoms with E-state index in [4.69, 9.17) is 42.9 Å². The number of carbonyl (C=O) groups is 1. The maximum absolute atomic E-state index is 14.5. The molecule has 3 fully saturated rings. The lowest BCUT2D eigenvalue weighted by molar-refractivity contribution is -0.127. The molecule has 11 heteroatoms. The van der Waals surface area contributed by atoms with Crippen molar-refractivity contribution in [3.8, 4) is 17.3 Å². The van der Waals surface area contributed by atoms with Crippen molar-refractivity contribution in [1.29, 1.82) is 0 Å². The fourth-order valence-electron chi connectivity index (χ4n) is 6.59. The number of halogens is 3. The molecule has 0 aliphatic carbocycles. The molecule has 1 amide bonds. The Morgan fingerprint density at radius 2 is 2.00 bits per heavy atom. The average molecular weight is 608 g/mol. The Kier molecular flexibility index (Phi) is 6.91. The number of likely N-dealkylation sites (N-methyl/N-ethyl adjacent to an activating group) is 1. The first kappa shape index (κ1) is 27.3. The van der Waals surface area contributed by atoms with Crippen molar-refractivity contribution in [3.63, 3.8) is 0 Å². The molecule has 42 heavy (non-hydrogen) atoms. The summed E-state index contributed by atoms with van der Waals surface area (Å²) in [5.74, 6) is 0.101. The number of likely N-dealkylation sites (tertiary alicyclic amines) is 2. The fourth-order valence-corrected chi connectivity index (χ4v) is 7.12. The summed E-state index contributed by atoms with van der Waals surface area (Å²) in [5, 5.41) is 2.37. The summed E-state index contributed by atoms with van der Waals surface area (Å²) in [6.07, 6.45) is 4.37. The van der Waals surface area contributed by atoms with E-state index in [1.807, 2.05) is 29.2 Å². The predicted molar refractivity (Wildman–Crippen MR) is 163 cm³/mol. The Bertz CT molecular complexity index is 1750. The summed E-state index contributed by atoms with van der Waals surface area (Å²) >= 11 is 13.3. The molecule has 3 aliphatic rings. The van der Waals surface area contributed by atoms with Crippen LogP contribution in [0.25, 0.3) is 33.1 Å². The van der Waals surface area contributed by atoms with Gasteiger partial charge in [0.05, 0.1) is 33.2 Å². The van der Waals surface area contributed by atoms with Crippen LogP contribution in [0.2, 0.25) is 10.0 Å². The van der Waals surface area contributed by atoms with Crippen LogP contribution in [0.3, 0.4) is 0 Å². The van der Waals surface area contributed by atoms with E-state index in [2.05, 4.69) is 23.4 Å². The van der Waals surface area contributed by atoms with Crippen LogP contribution in [0.15, 0.2) is 49.1 Å². The SMILES string of the molecule is C=CC(=O)N1CC[C@@H]2[C@H]1CN2c1nc(OC[C@@H]2CCCN2C)nc2nc(-c3cccc4ccc(F)c(Cl)c34)c(Cl)cc12. The van der Waals surface area contributed by atoms with Gasteiger partial charge in [-0.05, 0) is 56.4 Å². The minimum absolute atomic E-state index is 0.0145. The number of pyridine rings is 1. The van der Waals surface area contributed by atoms with Gasteiger partial charge in [0.25, 0.3) is 0 Å². The van der Waals surface area contributed by atoms with Crippen molar-refractivity contribution in [2.75, 3.05) is 38.2 Å². The molecule has 0 saturated carbocycles. The van der Waals surface area contributed by atoms with Crippen molar-refractivity contribution >= 4 is 56.7 Å². The van der Waals surface area contributed by atoms with Crippen LogP contribution >= 0.6 is 23.2 Å². The molecule has 2 aromatic heterocycles. The van der Waals surface area contributed by atoms with E-state index in [1.165, 1.54) is 12.1 Å². The van der Waals surface area contributed by atoms with Gasteiger partial charge in [0.1, 0.15) is 18.2 Å². The first-order chi connectivity index (χ1) is 20.3. The molecule has 2 aromatic carbocycles. The molecule has 0 radical (unpaired) electrons. The third-order valence-electron chi connectivity index (χ3n) is 8.89. The third-order valence-corrected chi connectivity index (χ3v) is 9.55. The highest BCUT2D eigenvalue weighted by molar-refractivity contribution is 6.38. The van der Waals surface area contributed by atoms with E-state index in [1.54, 1.807) is 6.07 Å². The van der Waals surface area contributed by atoms with Crippen molar-refractivity contribution in [1.82, 2.24) is 24.8 Å². The Hall–Kier alpha value is -3.53. The van der Waals surface area contributed by atoms with Gasteiger partial charge in [-0.2, -0.15) is 9.97 Å². The number of ether oxygens (including phenoxy) is 1. The van der Waals surface area contributed by atoms with E-state index in [0.717, 1.165) is 31.2 Å². The molecular formula is C31H29Cl2FN6O2. The highest BCUT2D eigenvalue weighted by Crippen LogP contribution is 2.42. The fraction of sp³-hybridized carbons (Fsp3) is 0.355. The summed E-state index contributed by atoms with van der Waals surface area (Å²) in [7, 11) is 2.10. The lowest BCUT2D eigenvalue weighted by atomic mass is 9.96. The minimum atomic E-state index is -0.515. The van der Waals surface area contributed by atoms with Gasteiger partial charge in [-0.25, -0.2) is 9.37 Å². The molecular weight excluding hydrogens is 578 g/mol. The van der Waals surface area contributed by atoms with E-state index >= 15 is 0 Å². The maximum atomic E-state index is 14.5. The number of hydrogen-bond acceptors (Lipinski definition) is 7. The van der Waals surface area contributed by atoms with E-state index in [9.17, 15) is 9.18 Å². The number of fused-ring (bicyclic) bond motifs is 3. The lowest BCUT2D eigenvalue weighted by Gasteiger charge is -2.47. The number of anilines is 1. The molecule has 4 aromatic rings. The smallest absolute Gasteiger partial charge is 0.320 e. The Balaban J connectivity index is 1.33. The van der Waals surface area contributed by atoms with Crippen molar-refractivity contribution < 1.29 is 13.9 Å². The number of hydrogen-bond donors (Lipinski definition) is 0. The summed E-state index contributed by atoms with van der Waals surface area (Å²) in [4.78, 5) is 33.2. The van der Waals surface area contributed by atoms with Gasteiger partial charge in [0.2, 0.25) is 5.91 Å². The van der Waals surface area contributed by atoms with Gasteiger partial charge in [-0.1, -0.05) is 54.0 Å². The largest absolute Gasteiger partial charge is 0.462 e. The van der Waals surface area contributed by atoms with Crippen LogP contribution in [0.5, 0.6) is 6.01 Å². The Morgan fingerprint density at radius 1 is 1.14 bits per heavy atom. The van der Waals surface area contributed by atoms with Crippen molar-refractivity contribution in [2.24, 2.45) is 0 Å². The molecule has 0 unspecified atom stereocenters. The number of benzene rings is 2. The van der Waals surface area contributed by atoms with E-state index in [-0.39, 0.29) is 35.1 Å². The molecule has 5 heterocycles. The van der Waals surface area contributed by atoms with Gasteiger partial charge in [0.15, 0.2) is 5.65 Å². The Morgan fingerprint density at radius 3 is 2.79 bits per heavy atom. The van der Waals surface area contributed by atoms with Gasteiger partial charge >= 0.3 is 6.01 Å². The van der Waals surface area contributed by atoms with Crippen molar-refractivity contribution in [2.45, 2.75) is 37.4 Å². The zero-order valence-corrected chi connectivity index (χ0v) is 24.6. The normalized spacial score (nSPS) is 22.0. The first-order valence-electron chi connectivity index (χ1n) is 14.1. The molecule has 3 aliphatic heterocycles. The maximum Gasteiger partial charge on any atom is 0.320 e. The highest BCUT2D eigenvalue weighted by Gasteiger charge is 2.49. The van der Waals surface area contributed by atoms with E-state index < -0.39 is 5.82 Å². The van der Waals surface area contributed by atoms with Crippen LogP contribution in [-0.2, 0) is 4.79 Å². The summed E-state index contributed by atoms with van der Waals surface area (Å²) < 4.78 is 20.7. The highest BCUT2D eigenvalue weighted by atomic mass is 35.5. The van der Waals surface area contributed by atoms with Gasteiger partial charge in [-0.3, -0.25) is 4.79 Å². The molecule has 3 atom stereocenters. The van der Waals surface area contributed by atoms with Gasteiger partial charge < -0.3 is 19.4 Å². The van der Waals surface area contributed by atoms with Crippen LogP contribution in [0, 0.1) is 5.82 Å². The van der Waals surface area contributed by atoms with Gasteiger partial charge in [0, 0.05) is 30.1 Å². The summed E-state index contributed by atoms with van der Waals surface area (Å²) in [6, 6.07) is 11.1.